The van der Waals surface area contributed by atoms with Crippen molar-refractivity contribution in [3.05, 3.63) is 33.8 Å². The van der Waals surface area contributed by atoms with Gasteiger partial charge in [-0.25, -0.2) is 0 Å². The Morgan fingerprint density at radius 3 is 3.04 bits per heavy atom. The Balaban J connectivity index is 1.95. The summed E-state index contributed by atoms with van der Waals surface area (Å²) in [5, 5.41) is 10.1. The second kappa shape index (κ2) is 6.02. The molecule has 0 radical (unpaired) electrons. The highest BCUT2D eigenvalue weighted by atomic mass is 79.9. The van der Waals surface area contributed by atoms with Crippen LogP contribution >= 0.6 is 15.9 Å². The first kappa shape index (κ1) is 16.9. The Morgan fingerprint density at radius 2 is 2.32 bits per heavy atom. The first-order chi connectivity index (χ1) is 12.0. The molecule has 1 aromatic carbocycles. The molecular formula is C19H23BrN2O3. The number of aliphatic hydroxyl groups excluding tert-OH is 1. The number of hydrogen-bond acceptors (Lipinski definition) is 4. The average Bonchev–Trinajstić information content (AvgIpc) is 2.82. The van der Waals surface area contributed by atoms with E-state index < -0.39 is 6.10 Å². The van der Waals surface area contributed by atoms with Crippen LogP contribution in [-0.4, -0.2) is 48.8 Å². The van der Waals surface area contributed by atoms with Crippen LogP contribution in [0.5, 0.6) is 11.5 Å². The van der Waals surface area contributed by atoms with E-state index in [1.165, 1.54) is 11.1 Å². The molecule has 1 aliphatic carbocycles. The van der Waals surface area contributed by atoms with Crippen molar-refractivity contribution in [1.82, 2.24) is 4.90 Å². The molecule has 25 heavy (non-hydrogen) atoms. The lowest BCUT2D eigenvalue weighted by Crippen LogP contribution is -2.43. The Labute approximate surface area is 156 Å². The largest absolute Gasteiger partial charge is 0.493 e. The lowest BCUT2D eigenvalue weighted by atomic mass is 9.69. The maximum atomic E-state index is 10.1. The van der Waals surface area contributed by atoms with Gasteiger partial charge in [0.2, 0.25) is 0 Å². The minimum atomic E-state index is -0.457. The molecule has 1 spiro atoms. The van der Waals surface area contributed by atoms with Crippen LogP contribution < -0.4 is 9.47 Å². The third-order valence-electron chi connectivity index (χ3n) is 5.82. The smallest absolute Gasteiger partial charge is 0.166 e. The molecule has 4 rings (SSSR count). The standard InChI is InChI=1S/C19H23BrN2O3/c1-11(21-2)22-7-6-19-5-4-12(23)8-16(19)25-18-15(24-3)9-14(20)13(10-22)17(18)19/h4-5,9,12,16,23H,6-8,10H2,1-3H3. The summed E-state index contributed by atoms with van der Waals surface area (Å²) in [7, 11) is 3.50. The van der Waals surface area contributed by atoms with Gasteiger partial charge < -0.3 is 19.5 Å². The van der Waals surface area contributed by atoms with Gasteiger partial charge in [-0.05, 0) is 25.0 Å². The highest BCUT2D eigenvalue weighted by Gasteiger charge is 2.53. The van der Waals surface area contributed by atoms with Gasteiger partial charge in [-0.3, -0.25) is 4.99 Å². The minimum Gasteiger partial charge on any atom is -0.493 e. The van der Waals surface area contributed by atoms with Crippen LogP contribution in [0.3, 0.4) is 0 Å². The molecule has 0 saturated heterocycles. The van der Waals surface area contributed by atoms with Crippen LogP contribution in [0.15, 0.2) is 27.7 Å². The normalized spacial score (nSPS) is 30.4. The molecule has 5 nitrogen and oxygen atoms in total. The highest BCUT2D eigenvalue weighted by molar-refractivity contribution is 9.10. The summed E-state index contributed by atoms with van der Waals surface area (Å²) in [6.07, 6.45) is 5.08. The fraction of sp³-hybridized carbons (Fsp3) is 0.526. The predicted molar refractivity (Wildman–Crippen MR) is 101 cm³/mol. The van der Waals surface area contributed by atoms with Crippen LogP contribution in [0, 0.1) is 0 Å². The van der Waals surface area contributed by atoms with E-state index in [9.17, 15) is 5.11 Å². The first-order valence-electron chi connectivity index (χ1n) is 8.62. The zero-order valence-electron chi connectivity index (χ0n) is 14.8. The van der Waals surface area contributed by atoms with Gasteiger partial charge in [0.1, 0.15) is 6.10 Å². The van der Waals surface area contributed by atoms with Gasteiger partial charge in [-0.15, -0.1) is 0 Å². The zero-order valence-corrected chi connectivity index (χ0v) is 16.3. The second-order valence-corrected chi connectivity index (χ2v) is 7.85. The number of aliphatic hydroxyl groups is 1. The SMILES string of the molecule is CN=C(C)N1CCC23C=CC(O)CC2Oc2c(OC)cc(Br)c(c23)C1. The predicted octanol–water partition coefficient (Wildman–Crippen LogP) is 3.03. The van der Waals surface area contributed by atoms with Gasteiger partial charge in [-0.1, -0.05) is 28.1 Å². The molecule has 0 saturated carbocycles. The minimum absolute atomic E-state index is 0.0664. The molecular weight excluding hydrogens is 384 g/mol. The number of benzene rings is 1. The van der Waals surface area contributed by atoms with Gasteiger partial charge in [0.15, 0.2) is 11.5 Å². The fourth-order valence-corrected chi connectivity index (χ4v) is 4.91. The van der Waals surface area contributed by atoms with Crippen LogP contribution in [0.1, 0.15) is 30.9 Å². The lowest BCUT2D eigenvalue weighted by molar-refractivity contribution is 0.0833. The number of rotatable bonds is 1. The van der Waals surface area contributed by atoms with Crippen molar-refractivity contribution in [3.63, 3.8) is 0 Å². The third kappa shape index (κ3) is 2.41. The molecule has 0 aromatic heterocycles. The van der Waals surface area contributed by atoms with Gasteiger partial charge in [-0.2, -0.15) is 0 Å². The van der Waals surface area contributed by atoms with E-state index in [0.717, 1.165) is 41.3 Å². The van der Waals surface area contributed by atoms with E-state index in [4.69, 9.17) is 9.47 Å². The summed E-state index contributed by atoms with van der Waals surface area (Å²) in [5.74, 6) is 2.61. The summed E-state index contributed by atoms with van der Waals surface area (Å²) < 4.78 is 13.0. The summed E-state index contributed by atoms with van der Waals surface area (Å²) in [4.78, 5) is 6.70. The highest BCUT2D eigenvalue weighted by Crippen LogP contribution is 2.57. The van der Waals surface area contributed by atoms with Crippen molar-refractivity contribution in [3.8, 4) is 11.5 Å². The maximum Gasteiger partial charge on any atom is 0.166 e. The van der Waals surface area contributed by atoms with Gasteiger partial charge in [0.05, 0.1) is 24.5 Å². The van der Waals surface area contributed by atoms with Gasteiger partial charge in [0, 0.05) is 36.6 Å². The quantitative estimate of drug-likeness (QED) is 0.442. The van der Waals surface area contributed by atoms with Crippen molar-refractivity contribution < 1.29 is 14.6 Å². The number of aliphatic imine (C=N–C) groups is 1. The fourth-order valence-electron chi connectivity index (χ4n) is 4.38. The molecule has 3 aliphatic rings. The first-order valence-corrected chi connectivity index (χ1v) is 9.41. The number of halogens is 1. The molecule has 3 unspecified atom stereocenters. The number of ether oxygens (including phenoxy) is 2. The van der Waals surface area contributed by atoms with Crippen LogP contribution in [0.25, 0.3) is 0 Å². The summed E-state index contributed by atoms with van der Waals surface area (Å²) in [6.45, 7) is 3.73. The molecule has 3 atom stereocenters. The number of nitrogens with zero attached hydrogens (tertiary/aromatic N) is 2. The molecule has 6 heteroatoms. The summed E-state index contributed by atoms with van der Waals surface area (Å²) in [5.41, 5.74) is 2.21. The lowest BCUT2D eigenvalue weighted by Gasteiger charge is -2.36. The van der Waals surface area contributed by atoms with Crippen molar-refractivity contribution >= 4 is 21.8 Å². The second-order valence-electron chi connectivity index (χ2n) is 6.99. The zero-order chi connectivity index (χ0) is 17.8. The molecule has 134 valence electrons. The molecule has 2 aliphatic heterocycles. The molecule has 0 amide bonds. The topological polar surface area (TPSA) is 54.3 Å². The number of hydrogen-bond donors (Lipinski definition) is 1. The molecule has 1 N–H and O–H groups in total. The molecule has 1 aromatic rings. The van der Waals surface area contributed by atoms with Crippen molar-refractivity contribution in [1.29, 1.82) is 0 Å². The van der Waals surface area contributed by atoms with E-state index in [-0.39, 0.29) is 11.5 Å². The van der Waals surface area contributed by atoms with Crippen LogP contribution in [0.2, 0.25) is 0 Å². The van der Waals surface area contributed by atoms with Crippen LogP contribution in [0.4, 0.5) is 0 Å². The summed E-state index contributed by atoms with van der Waals surface area (Å²) in [6, 6.07) is 1.99. The van der Waals surface area contributed by atoms with Crippen molar-refractivity contribution in [2.24, 2.45) is 4.99 Å². The Hall–Kier alpha value is -1.53. The number of methoxy groups -OCH3 is 1. The maximum absolute atomic E-state index is 10.1. The molecule has 2 heterocycles. The Kier molecular flexibility index (Phi) is 4.07. The number of amidine groups is 1. The van der Waals surface area contributed by atoms with Crippen LogP contribution in [-0.2, 0) is 12.0 Å². The van der Waals surface area contributed by atoms with Gasteiger partial charge in [0.25, 0.3) is 0 Å². The van der Waals surface area contributed by atoms with E-state index in [2.05, 4.69) is 38.8 Å². The Bertz CT molecular complexity index is 776. The average molecular weight is 407 g/mol. The monoisotopic (exact) mass is 406 g/mol. The van der Waals surface area contributed by atoms with E-state index in [1.807, 2.05) is 19.2 Å². The van der Waals surface area contributed by atoms with E-state index in [1.54, 1.807) is 7.11 Å². The molecule has 0 fully saturated rings. The van der Waals surface area contributed by atoms with E-state index in [0.29, 0.717) is 6.42 Å². The van der Waals surface area contributed by atoms with Crippen molar-refractivity contribution in [2.45, 2.75) is 43.9 Å². The summed E-state index contributed by atoms with van der Waals surface area (Å²) >= 11 is 3.75. The molecule has 0 bridgehead atoms. The van der Waals surface area contributed by atoms with Crippen molar-refractivity contribution in [2.75, 3.05) is 20.7 Å². The van der Waals surface area contributed by atoms with E-state index >= 15 is 0 Å². The third-order valence-corrected chi connectivity index (χ3v) is 6.52. The van der Waals surface area contributed by atoms with Gasteiger partial charge >= 0.3 is 0 Å². The Morgan fingerprint density at radius 1 is 1.52 bits per heavy atom.